The van der Waals surface area contributed by atoms with E-state index in [1.165, 1.54) is 0 Å². The molecule has 0 aromatic heterocycles. The second-order valence-electron chi connectivity index (χ2n) is 5.85. The van der Waals surface area contributed by atoms with Crippen LogP contribution in [0.1, 0.15) is 6.92 Å². The zero-order valence-electron chi connectivity index (χ0n) is 12.1. The molecule has 1 aliphatic rings. The van der Waals surface area contributed by atoms with Gasteiger partial charge in [-0.1, -0.05) is 6.92 Å². The van der Waals surface area contributed by atoms with Crippen molar-refractivity contribution in [3.8, 4) is 0 Å². The van der Waals surface area contributed by atoms with Crippen LogP contribution >= 0.6 is 0 Å². The molecule has 1 N–H and O–H groups in total. The van der Waals surface area contributed by atoms with Gasteiger partial charge in [0.1, 0.15) is 5.82 Å². The molecule has 1 saturated heterocycles. The van der Waals surface area contributed by atoms with Gasteiger partial charge in [0.15, 0.2) is 0 Å². The topological polar surface area (TPSA) is 18.5 Å². The highest BCUT2D eigenvalue weighted by Crippen LogP contribution is 2.18. The minimum absolute atomic E-state index is 0.172. The third-order valence-electron chi connectivity index (χ3n) is 3.51. The summed E-state index contributed by atoms with van der Waals surface area (Å²) in [5.74, 6) is 0.423. The molecule has 4 heteroatoms. The Morgan fingerprint density at radius 2 is 1.95 bits per heavy atom. The minimum atomic E-state index is -0.172. The smallest absolute Gasteiger partial charge is 0.123 e. The average Bonchev–Trinajstić information content (AvgIpc) is 2.52. The first-order valence-corrected chi connectivity index (χ1v) is 6.93. The molecule has 0 saturated carbocycles. The SMILES string of the molecule is CC1CNC(CN(C)C)CN(c2ccc(F)cc2)C1. The van der Waals surface area contributed by atoms with Gasteiger partial charge in [-0.15, -0.1) is 0 Å². The zero-order valence-corrected chi connectivity index (χ0v) is 12.1. The van der Waals surface area contributed by atoms with Gasteiger partial charge in [-0.2, -0.15) is 0 Å². The number of hydrogen-bond acceptors (Lipinski definition) is 3. The van der Waals surface area contributed by atoms with Crippen molar-refractivity contribution in [3.05, 3.63) is 30.1 Å². The van der Waals surface area contributed by atoms with Crippen LogP contribution in [0, 0.1) is 11.7 Å². The molecule has 1 heterocycles. The lowest BCUT2D eigenvalue weighted by molar-refractivity contribution is 0.342. The fourth-order valence-electron chi connectivity index (χ4n) is 2.64. The zero-order chi connectivity index (χ0) is 13.8. The molecular formula is C15H24FN3. The average molecular weight is 265 g/mol. The van der Waals surface area contributed by atoms with Gasteiger partial charge < -0.3 is 15.1 Å². The van der Waals surface area contributed by atoms with Crippen LogP contribution < -0.4 is 10.2 Å². The maximum absolute atomic E-state index is 13.0. The monoisotopic (exact) mass is 265 g/mol. The van der Waals surface area contributed by atoms with Crippen molar-refractivity contribution >= 4 is 5.69 Å². The second-order valence-corrected chi connectivity index (χ2v) is 5.85. The molecular weight excluding hydrogens is 241 g/mol. The summed E-state index contributed by atoms with van der Waals surface area (Å²) in [5, 5.41) is 3.62. The van der Waals surface area contributed by atoms with Gasteiger partial charge >= 0.3 is 0 Å². The number of anilines is 1. The van der Waals surface area contributed by atoms with E-state index in [9.17, 15) is 4.39 Å². The summed E-state index contributed by atoms with van der Waals surface area (Å²) >= 11 is 0. The van der Waals surface area contributed by atoms with E-state index >= 15 is 0 Å². The number of likely N-dealkylation sites (N-methyl/N-ethyl adjacent to an activating group) is 1. The molecule has 2 rings (SSSR count). The number of rotatable bonds is 3. The van der Waals surface area contributed by atoms with Crippen molar-refractivity contribution < 1.29 is 4.39 Å². The molecule has 0 amide bonds. The Balaban J connectivity index is 2.10. The molecule has 19 heavy (non-hydrogen) atoms. The largest absolute Gasteiger partial charge is 0.370 e. The Kier molecular flexibility index (Phi) is 4.77. The molecule has 0 radical (unpaired) electrons. The van der Waals surface area contributed by atoms with Crippen molar-refractivity contribution in [2.45, 2.75) is 13.0 Å². The van der Waals surface area contributed by atoms with E-state index in [4.69, 9.17) is 0 Å². The van der Waals surface area contributed by atoms with Crippen LogP contribution in [0.15, 0.2) is 24.3 Å². The van der Waals surface area contributed by atoms with E-state index in [0.29, 0.717) is 12.0 Å². The van der Waals surface area contributed by atoms with Crippen LogP contribution in [0.5, 0.6) is 0 Å². The summed E-state index contributed by atoms with van der Waals surface area (Å²) < 4.78 is 13.0. The van der Waals surface area contributed by atoms with Crippen LogP contribution in [0.3, 0.4) is 0 Å². The van der Waals surface area contributed by atoms with E-state index in [1.54, 1.807) is 12.1 Å². The summed E-state index contributed by atoms with van der Waals surface area (Å²) in [6, 6.07) is 7.28. The van der Waals surface area contributed by atoms with Gasteiger partial charge in [0, 0.05) is 31.4 Å². The lowest BCUT2D eigenvalue weighted by atomic mass is 10.1. The molecule has 3 nitrogen and oxygen atoms in total. The Labute approximate surface area is 115 Å². The molecule has 2 unspecified atom stereocenters. The number of hydrogen-bond donors (Lipinski definition) is 1. The molecule has 1 fully saturated rings. The minimum Gasteiger partial charge on any atom is -0.370 e. The first kappa shape index (κ1) is 14.3. The maximum atomic E-state index is 13.0. The van der Waals surface area contributed by atoms with Crippen molar-refractivity contribution in [3.63, 3.8) is 0 Å². The van der Waals surface area contributed by atoms with Gasteiger partial charge in [-0.05, 0) is 50.8 Å². The fraction of sp³-hybridized carbons (Fsp3) is 0.600. The van der Waals surface area contributed by atoms with Crippen LogP contribution in [0.4, 0.5) is 10.1 Å². The van der Waals surface area contributed by atoms with Gasteiger partial charge in [0.25, 0.3) is 0 Å². The van der Waals surface area contributed by atoms with E-state index in [-0.39, 0.29) is 5.82 Å². The summed E-state index contributed by atoms with van der Waals surface area (Å²) in [4.78, 5) is 4.56. The number of halogens is 1. The highest BCUT2D eigenvalue weighted by Gasteiger charge is 2.22. The van der Waals surface area contributed by atoms with Crippen molar-refractivity contribution in [2.75, 3.05) is 45.2 Å². The van der Waals surface area contributed by atoms with Crippen LogP contribution in [0.2, 0.25) is 0 Å². The predicted octanol–water partition coefficient (Wildman–Crippen LogP) is 1.80. The molecule has 1 aliphatic heterocycles. The summed E-state index contributed by atoms with van der Waals surface area (Å²) in [7, 11) is 4.19. The Morgan fingerprint density at radius 1 is 1.26 bits per heavy atom. The van der Waals surface area contributed by atoms with E-state index in [1.807, 2.05) is 12.1 Å². The summed E-state index contributed by atoms with van der Waals surface area (Å²) in [5.41, 5.74) is 1.11. The van der Waals surface area contributed by atoms with Gasteiger partial charge in [-0.3, -0.25) is 0 Å². The molecule has 1 aromatic rings. The Morgan fingerprint density at radius 3 is 2.58 bits per heavy atom. The van der Waals surface area contributed by atoms with E-state index in [0.717, 1.165) is 31.9 Å². The summed E-state index contributed by atoms with van der Waals surface area (Å²) in [6.07, 6.45) is 0. The predicted molar refractivity (Wildman–Crippen MR) is 78.1 cm³/mol. The highest BCUT2D eigenvalue weighted by molar-refractivity contribution is 5.46. The van der Waals surface area contributed by atoms with Crippen molar-refractivity contribution in [1.82, 2.24) is 10.2 Å². The van der Waals surface area contributed by atoms with Gasteiger partial charge in [0.05, 0.1) is 0 Å². The molecule has 0 aliphatic carbocycles. The van der Waals surface area contributed by atoms with Crippen LogP contribution in [-0.4, -0.2) is 51.2 Å². The molecule has 2 atom stereocenters. The molecule has 1 aromatic carbocycles. The van der Waals surface area contributed by atoms with Crippen LogP contribution in [-0.2, 0) is 0 Å². The van der Waals surface area contributed by atoms with E-state index < -0.39 is 0 Å². The maximum Gasteiger partial charge on any atom is 0.123 e. The first-order chi connectivity index (χ1) is 9.04. The third-order valence-corrected chi connectivity index (χ3v) is 3.51. The lowest BCUT2D eigenvalue weighted by Gasteiger charge is -2.28. The Bertz CT molecular complexity index is 391. The normalized spacial score (nSPS) is 24.6. The summed E-state index contributed by atoms with van der Waals surface area (Å²) in [6.45, 7) is 6.29. The lowest BCUT2D eigenvalue weighted by Crippen LogP contribution is -2.44. The highest BCUT2D eigenvalue weighted by atomic mass is 19.1. The number of nitrogens with one attached hydrogen (secondary N) is 1. The second kappa shape index (κ2) is 6.35. The number of benzene rings is 1. The van der Waals surface area contributed by atoms with Gasteiger partial charge in [-0.25, -0.2) is 4.39 Å². The number of nitrogens with zero attached hydrogens (tertiary/aromatic N) is 2. The molecule has 0 spiro atoms. The van der Waals surface area contributed by atoms with Gasteiger partial charge in [0.2, 0.25) is 0 Å². The molecule has 106 valence electrons. The van der Waals surface area contributed by atoms with Crippen molar-refractivity contribution in [2.24, 2.45) is 5.92 Å². The quantitative estimate of drug-likeness (QED) is 0.899. The Hall–Kier alpha value is -1.13. The third kappa shape index (κ3) is 4.18. The fourth-order valence-corrected chi connectivity index (χ4v) is 2.64. The van der Waals surface area contributed by atoms with E-state index in [2.05, 4.69) is 36.1 Å². The standard InChI is InChI=1S/C15H24FN3/c1-12-8-17-14(10-18(2)3)11-19(9-12)15-6-4-13(16)5-7-15/h4-7,12,14,17H,8-11H2,1-3H3. The van der Waals surface area contributed by atoms with Crippen molar-refractivity contribution in [1.29, 1.82) is 0 Å². The first-order valence-electron chi connectivity index (χ1n) is 6.93. The van der Waals surface area contributed by atoms with Crippen LogP contribution in [0.25, 0.3) is 0 Å². The molecule has 0 bridgehead atoms.